The lowest BCUT2D eigenvalue weighted by Crippen LogP contribution is -2.46. The largest absolute Gasteiger partial charge is 0.490 e. The maximum Gasteiger partial charge on any atom is 0.419 e. The number of fused-ring (bicyclic) bond motifs is 1. The Morgan fingerprint density at radius 1 is 1.09 bits per heavy atom. The highest BCUT2D eigenvalue weighted by atomic mass is 19.4. The van der Waals surface area contributed by atoms with Gasteiger partial charge in [-0.25, -0.2) is 8.78 Å². The summed E-state index contributed by atoms with van der Waals surface area (Å²) in [6.45, 7) is -0.378. The number of ether oxygens (including phenoxy) is 1. The third-order valence-corrected chi connectivity index (χ3v) is 5.77. The fourth-order valence-electron chi connectivity index (χ4n) is 3.93. The maximum absolute atomic E-state index is 14.8. The molecule has 3 aromatic rings. The second-order valence-electron chi connectivity index (χ2n) is 7.97. The number of nitrogens with one attached hydrogen (secondary N) is 1. The van der Waals surface area contributed by atoms with Gasteiger partial charge in [-0.1, -0.05) is 0 Å². The van der Waals surface area contributed by atoms with Crippen molar-refractivity contribution in [3.63, 3.8) is 0 Å². The molecule has 10 heteroatoms. The Balaban J connectivity index is 1.39. The minimum absolute atomic E-state index is 0.0449. The first kappa shape index (κ1) is 23.3. The zero-order valence-electron chi connectivity index (χ0n) is 17.2. The van der Waals surface area contributed by atoms with Crippen LogP contribution in [0.3, 0.4) is 0 Å². The van der Waals surface area contributed by atoms with Gasteiger partial charge in [-0.05, 0) is 54.1 Å². The lowest BCUT2D eigenvalue weighted by Gasteiger charge is -2.36. The monoisotopic (exact) mass is 468 g/mol. The molecule has 0 amide bonds. The highest BCUT2D eigenvalue weighted by Gasteiger charge is 2.36. The van der Waals surface area contributed by atoms with Crippen LogP contribution in [0, 0.1) is 11.6 Å². The van der Waals surface area contributed by atoms with Crippen LogP contribution in [0.5, 0.6) is 5.75 Å². The lowest BCUT2D eigenvalue weighted by atomic mass is 9.88. The molecule has 0 radical (unpaired) electrons. The first-order chi connectivity index (χ1) is 15.7. The predicted octanol–water partition coefficient (Wildman–Crippen LogP) is 4.26. The minimum Gasteiger partial charge on any atom is -0.490 e. The summed E-state index contributed by atoms with van der Waals surface area (Å²) in [4.78, 5) is 4.01. The second kappa shape index (κ2) is 9.20. The summed E-state index contributed by atoms with van der Waals surface area (Å²) in [5, 5.41) is 23.5. The van der Waals surface area contributed by atoms with E-state index >= 15 is 0 Å². The molecule has 1 atom stereocenters. The molecule has 3 N–H and O–H groups in total. The Morgan fingerprint density at radius 2 is 1.85 bits per heavy atom. The van der Waals surface area contributed by atoms with E-state index in [1.54, 1.807) is 6.07 Å². The molecule has 1 aromatic heterocycles. The van der Waals surface area contributed by atoms with Crippen molar-refractivity contribution in [2.45, 2.75) is 43.8 Å². The molecule has 1 aliphatic carbocycles. The summed E-state index contributed by atoms with van der Waals surface area (Å²) in [6.07, 6.45) is -2.41. The number of halogens is 5. The average molecular weight is 468 g/mol. The maximum atomic E-state index is 14.8. The van der Waals surface area contributed by atoms with Crippen molar-refractivity contribution in [1.29, 1.82) is 0 Å². The number of aliphatic hydroxyl groups excluding tert-OH is 2. The van der Waals surface area contributed by atoms with Crippen molar-refractivity contribution in [3.8, 4) is 5.75 Å². The van der Waals surface area contributed by atoms with Crippen molar-refractivity contribution in [1.82, 2.24) is 10.3 Å². The summed E-state index contributed by atoms with van der Waals surface area (Å²) in [7, 11) is 0. The summed E-state index contributed by atoms with van der Waals surface area (Å²) in [5.74, 6) is -1.96. The van der Waals surface area contributed by atoms with Crippen LogP contribution in [0.25, 0.3) is 10.8 Å². The van der Waals surface area contributed by atoms with Crippen LogP contribution in [-0.2, 0) is 12.7 Å². The number of nitrogens with zero attached hydrogens (tertiary/aromatic N) is 1. The van der Waals surface area contributed by atoms with E-state index in [4.69, 9.17) is 4.74 Å². The van der Waals surface area contributed by atoms with Crippen LogP contribution < -0.4 is 10.1 Å². The van der Waals surface area contributed by atoms with Gasteiger partial charge in [-0.3, -0.25) is 4.98 Å². The summed E-state index contributed by atoms with van der Waals surface area (Å²) < 4.78 is 72.3. The fraction of sp³-hybridized carbons (Fsp3) is 0.348. The van der Waals surface area contributed by atoms with Crippen molar-refractivity contribution in [2.24, 2.45) is 0 Å². The number of hydrogen-bond donors (Lipinski definition) is 3. The third-order valence-electron chi connectivity index (χ3n) is 5.77. The smallest absolute Gasteiger partial charge is 0.419 e. The molecular formula is C23H21F5N2O3. The molecule has 4 rings (SSSR count). The van der Waals surface area contributed by atoms with Crippen LogP contribution in [-0.4, -0.2) is 33.9 Å². The van der Waals surface area contributed by atoms with E-state index in [1.807, 2.05) is 0 Å². The Morgan fingerprint density at radius 3 is 2.55 bits per heavy atom. The van der Waals surface area contributed by atoms with Gasteiger partial charge in [0.1, 0.15) is 29.6 Å². The third kappa shape index (κ3) is 4.92. The Hall–Kier alpha value is -2.82. The molecule has 5 nitrogen and oxygen atoms in total. The average Bonchev–Trinajstić information content (AvgIpc) is 2.75. The predicted molar refractivity (Wildman–Crippen MR) is 109 cm³/mol. The van der Waals surface area contributed by atoms with Gasteiger partial charge in [-0.2, -0.15) is 13.2 Å². The zero-order valence-corrected chi connectivity index (χ0v) is 17.2. The number of alkyl halides is 3. The van der Waals surface area contributed by atoms with Crippen molar-refractivity contribution >= 4 is 10.8 Å². The van der Waals surface area contributed by atoms with Crippen LogP contribution >= 0.6 is 0 Å². The first-order valence-corrected chi connectivity index (χ1v) is 10.3. The lowest BCUT2D eigenvalue weighted by molar-refractivity contribution is -0.140. The molecule has 1 heterocycles. The molecule has 0 unspecified atom stereocenters. The quantitative estimate of drug-likeness (QED) is 0.452. The standard InChI is InChI=1S/C23H21F5N2O3/c24-20-2-1-13(7-19(20)23(26,27)28)33-14-5-12(6-14)30-10-18-15-3-4-29-9-17(15)16(8-21(18)25)22(32)11-31/h1-4,7-9,12,14,22,30-32H,5-6,10-11H2/t12-,14-,22-/m0/s1. The molecule has 176 valence electrons. The van der Waals surface area contributed by atoms with Crippen molar-refractivity contribution < 1.29 is 36.9 Å². The van der Waals surface area contributed by atoms with Crippen LogP contribution in [0.15, 0.2) is 42.7 Å². The molecule has 33 heavy (non-hydrogen) atoms. The van der Waals surface area contributed by atoms with Crippen LogP contribution in [0.4, 0.5) is 22.0 Å². The van der Waals surface area contributed by atoms with Crippen molar-refractivity contribution in [3.05, 3.63) is 71.1 Å². The number of benzene rings is 2. The minimum atomic E-state index is -4.81. The van der Waals surface area contributed by atoms with E-state index in [0.717, 1.165) is 12.1 Å². The molecule has 0 spiro atoms. The van der Waals surface area contributed by atoms with Gasteiger partial charge < -0.3 is 20.3 Å². The molecular weight excluding hydrogens is 447 g/mol. The topological polar surface area (TPSA) is 74.6 Å². The zero-order chi connectivity index (χ0) is 23.8. The van der Waals surface area contributed by atoms with Gasteiger partial charge in [0.25, 0.3) is 0 Å². The molecule has 1 fully saturated rings. The van der Waals surface area contributed by atoms with E-state index in [-0.39, 0.29) is 30.0 Å². The Bertz CT molecular complexity index is 1150. The van der Waals surface area contributed by atoms with Gasteiger partial charge in [0.2, 0.25) is 0 Å². The van der Waals surface area contributed by atoms with E-state index in [2.05, 4.69) is 10.3 Å². The van der Waals surface area contributed by atoms with E-state index in [1.165, 1.54) is 18.5 Å². The molecule has 1 aliphatic rings. The number of aliphatic hydroxyl groups is 2. The van der Waals surface area contributed by atoms with E-state index in [9.17, 15) is 32.2 Å². The van der Waals surface area contributed by atoms with Gasteiger partial charge in [0.15, 0.2) is 0 Å². The van der Waals surface area contributed by atoms with Gasteiger partial charge in [0.05, 0.1) is 12.2 Å². The van der Waals surface area contributed by atoms with Gasteiger partial charge in [0, 0.05) is 35.9 Å². The SMILES string of the molecule is OC[C@H](O)c1cc(F)c(CN[C@H]2C[C@H](Oc3ccc(F)c(C(F)(F)F)c3)C2)c2ccncc12. The Labute approximate surface area is 185 Å². The summed E-state index contributed by atoms with van der Waals surface area (Å²) >= 11 is 0. The number of hydrogen-bond acceptors (Lipinski definition) is 5. The molecule has 0 aliphatic heterocycles. The van der Waals surface area contributed by atoms with Gasteiger partial charge in [-0.15, -0.1) is 0 Å². The van der Waals surface area contributed by atoms with E-state index < -0.39 is 36.1 Å². The normalized spacial score (nSPS) is 19.4. The first-order valence-electron chi connectivity index (χ1n) is 10.3. The number of pyridine rings is 1. The summed E-state index contributed by atoms with van der Waals surface area (Å²) in [6, 6.07) is 5.30. The molecule has 1 saturated carbocycles. The van der Waals surface area contributed by atoms with Gasteiger partial charge >= 0.3 is 6.18 Å². The Kier molecular flexibility index (Phi) is 6.51. The van der Waals surface area contributed by atoms with Crippen molar-refractivity contribution in [2.75, 3.05) is 6.61 Å². The summed E-state index contributed by atoms with van der Waals surface area (Å²) in [5.41, 5.74) is -0.754. The second-order valence-corrected chi connectivity index (χ2v) is 7.97. The van der Waals surface area contributed by atoms with Crippen LogP contribution in [0.2, 0.25) is 0 Å². The highest BCUT2D eigenvalue weighted by Crippen LogP contribution is 2.35. The highest BCUT2D eigenvalue weighted by molar-refractivity contribution is 5.88. The number of rotatable bonds is 7. The van der Waals surface area contributed by atoms with Crippen LogP contribution in [0.1, 0.15) is 35.6 Å². The molecule has 2 aromatic carbocycles. The fourth-order valence-corrected chi connectivity index (χ4v) is 3.93. The number of aromatic nitrogens is 1. The molecule has 0 bridgehead atoms. The van der Waals surface area contributed by atoms with E-state index in [0.29, 0.717) is 35.2 Å². The molecule has 0 saturated heterocycles.